The second kappa shape index (κ2) is 5.86. The Bertz CT molecular complexity index is 175. The molecule has 15 heavy (non-hydrogen) atoms. The Morgan fingerprint density at radius 1 is 1.20 bits per heavy atom. The first-order valence-corrected chi connectivity index (χ1v) is 6.44. The van der Waals surface area contributed by atoms with E-state index in [-0.39, 0.29) is 0 Å². The van der Waals surface area contributed by atoms with Gasteiger partial charge in [-0.15, -0.1) is 0 Å². The van der Waals surface area contributed by atoms with Crippen molar-refractivity contribution >= 4 is 0 Å². The fourth-order valence-electron chi connectivity index (χ4n) is 1.89. The fourth-order valence-corrected chi connectivity index (χ4v) is 1.89. The Morgan fingerprint density at radius 2 is 1.80 bits per heavy atom. The second-order valence-electron chi connectivity index (χ2n) is 5.71. The normalized spacial score (nSPS) is 21.0. The zero-order valence-corrected chi connectivity index (χ0v) is 11.1. The molecule has 0 bridgehead atoms. The van der Waals surface area contributed by atoms with Gasteiger partial charge in [0, 0.05) is 18.6 Å². The third-order valence-corrected chi connectivity index (χ3v) is 3.59. The maximum atomic E-state index is 3.60. The van der Waals surface area contributed by atoms with Gasteiger partial charge in [-0.3, -0.25) is 0 Å². The monoisotopic (exact) mass is 212 g/mol. The average Bonchev–Trinajstić information content (AvgIpc) is 2.96. The smallest absolute Gasteiger partial charge is 0.00870 e. The zero-order valence-electron chi connectivity index (χ0n) is 11.1. The Kier molecular flexibility index (Phi) is 5.07. The lowest BCUT2D eigenvalue weighted by atomic mass is 10.0. The van der Waals surface area contributed by atoms with Crippen molar-refractivity contribution in [2.75, 3.05) is 20.1 Å². The van der Waals surface area contributed by atoms with Crippen LogP contribution in [0, 0.1) is 11.8 Å². The zero-order chi connectivity index (χ0) is 11.4. The SMILES string of the molecule is CC(CNC1CC1)CN(C)C(C)C(C)C. The van der Waals surface area contributed by atoms with E-state index in [1.165, 1.54) is 25.9 Å². The highest BCUT2D eigenvalue weighted by atomic mass is 15.1. The molecule has 0 spiro atoms. The lowest BCUT2D eigenvalue weighted by Gasteiger charge is -2.30. The van der Waals surface area contributed by atoms with Gasteiger partial charge in [-0.05, 0) is 45.2 Å². The van der Waals surface area contributed by atoms with E-state index in [9.17, 15) is 0 Å². The minimum atomic E-state index is 0.688. The van der Waals surface area contributed by atoms with Crippen molar-refractivity contribution in [3.05, 3.63) is 0 Å². The third-order valence-electron chi connectivity index (χ3n) is 3.59. The minimum absolute atomic E-state index is 0.688. The molecule has 0 radical (unpaired) electrons. The summed E-state index contributed by atoms with van der Waals surface area (Å²) in [7, 11) is 2.25. The first-order chi connectivity index (χ1) is 7.00. The van der Waals surface area contributed by atoms with Gasteiger partial charge in [0.05, 0.1) is 0 Å². The molecule has 2 heteroatoms. The molecule has 0 aromatic carbocycles. The number of rotatable bonds is 7. The number of nitrogens with zero attached hydrogens (tertiary/aromatic N) is 1. The lowest BCUT2D eigenvalue weighted by molar-refractivity contribution is 0.182. The summed E-state index contributed by atoms with van der Waals surface area (Å²) >= 11 is 0. The number of nitrogens with one attached hydrogen (secondary N) is 1. The Morgan fingerprint density at radius 3 is 2.27 bits per heavy atom. The van der Waals surface area contributed by atoms with Crippen molar-refractivity contribution in [1.82, 2.24) is 10.2 Å². The van der Waals surface area contributed by atoms with Crippen LogP contribution in [0.2, 0.25) is 0 Å². The van der Waals surface area contributed by atoms with E-state index in [0.29, 0.717) is 6.04 Å². The summed E-state index contributed by atoms with van der Waals surface area (Å²) in [5.74, 6) is 1.51. The first-order valence-electron chi connectivity index (χ1n) is 6.44. The van der Waals surface area contributed by atoms with E-state index in [0.717, 1.165) is 17.9 Å². The number of hydrogen-bond donors (Lipinski definition) is 1. The highest BCUT2D eigenvalue weighted by molar-refractivity contribution is 4.82. The highest BCUT2D eigenvalue weighted by Crippen LogP contribution is 2.19. The largest absolute Gasteiger partial charge is 0.314 e. The third kappa shape index (κ3) is 4.98. The fraction of sp³-hybridized carbons (Fsp3) is 1.00. The summed E-state index contributed by atoms with van der Waals surface area (Å²) in [5.41, 5.74) is 0. The average molecular weight is 212 g/mol. The van der Waals surface area contributed by atoms with Gasteiger partial charge in [-0.2, -0.15) is 0 Å². The molecule has 1 aliphatic rings. The van der Waals surface area contributed by atoms with Crippen LogP contribution in [0.5, 0.6) is 0 Å². The summed E-state index contributed by atoms with van der Waals surface area (Å²) in [6.45, 7) is 11.7. The van der Waals surface area contributed by atoms with Gasteiger partial charge < -0.3 is 10.2 Å². The predicted octanol–water partition coefficient (Wildman–Crippen LogP) is 2.35. The van der Waals surface area contributed by atoms with Crippen LogP contribution >= 0.6 is 0 Å². The van der Waals surface area contributed by atoms with Crippen molar-refractivity contribution in [3.8, 4) is 0 Å². The molecule has 2 unspecified atom stereocenters. The van der Waals surface area contributed by atoms with E-state index in [2.05, 4.69) is 45.0 Å². The minimum Gasteiger partial charge on any atom is -0.314 e. The van der Waals surface area contributed by atoms with Crippen molar-refractivity contribution in [2.24, 2.45) is 11.8 Å². The molecular formula is C13H28N2. The predicted molar refractivity (Wildman–Crippen MR) is 67.1 cm³/mol. The van der Waals surface area contributed by atoms with Crippen LogP contribution in [-0.4, -0.2) is 37.1 Å². The van der Waals surface area contributed by atoms with E-state index in [4.69, 9.17) is 0 Å². The van der Waals surface area contributed by atoms with Gasteiger partial charge in [-0.1, -0.05) is 20.8 Å². The second-order valence-corrected chi connectivity index (χ2v) is 5.71. The lowest BCUT2D eigenvalue weighted by Crippen LogP contribution is -2.39. The molecule has 2 atom stereocenters. The molecule has 1 fully saturated rings. The molecule has 2 nitrogen and oxygen atoms in total. The molecule has 0 heterocycles. The maximum Gasteiger partial charge on any atom is 0.00870 e. The van der Waals surface area contributed by atoms with Crippen molar-refractivity contribution in [3.63, 3.8) is 0 Å². The highest BCUT2D eigenvalue weighted by Gasteiger charge is 2.21. The molecule has 0 aliphatic heterocycles. The Hall–Kier alpha value is -0.0800. The molecule has 1 saturated carbocycles. The summed E-state index contributed by atoms with van der Waals surface area (Å²) in [5, 5.41) is 3.60. The maximum absolute atomic E-state index is 3.60. The summed E-state index contributed by atoms with van der Waals surface area (Å²) < 4.78 is 0. The first kappa shape index (κ1) is 13.0. The molecule has 1 N–H and O–H groups in total. The molecule has 0 aromatic rings. The molecule has 0 aromatic heterocycles. The molecular weight excluding hydrogens is 184 g/mol. The Balaban J connectivity index is 2.14. The van der Waals surface area contributed by atoms with Gasteiger partial charge >= 0.3 is 0 Å². The number of hydrogen-bond acceptors (Lipinski definition) is 2. The van der Waals surface area contributed by atoms with Crippen LogP contribution in [0.25, 0.3) is 0 Å². The topological polar surface area (TPSA) is 15.3 Å². The van der Waals surface area contributed by atoms with E-state index in [1.807, 2.05) is 0 Å². The molecule has 90 valence electrons. The van der Waals surface area contributed by atoms with Crippen molar-refractivity contribution in [2.45, 2.75) is 52.6 Å². The van der Waals surface area contributed by atoms with Crippen molar-refractivity contribution < 1.29 is 0 Å². The van der Waals surface area contributed by atoms with Crippen LogP contribution in [-0.2, 0) is 0 Å². The van der Waals surface area contributed by atoms with Gasteiger partial charge in [-0.25, -0.2) is 0 Å². The van der Waals surface area contributed by atoms with Gasteiger partial charge in [0.1, 0.15) is 0 Å². The van der Waals surface area contributed by atoms with Crippen LogP contribution < -0.4 is 5.32 Å². The van der Waals surface area contributed by atoms with Gasteiger partial charge in [0.25, 0.3) is 0 Å². The molecule has 0 amide bonds. The Labute approximate surface area is 95.4 Å². The summed E-state index contributed by atoms with van der Waals surface area (Å²) in [6.07, 6.45) is 2.79. The molecule has 1 rings (SSSR count). The quantitative estimate of drug-likeness (QED) is 0.697. The van der Waals surface area contributed by atoms with Crippen LogP contribution in [0.15, 0.2) is 0 Å². The molecule has 0 saturated heterocycles. The summed E-state index contributed by atoms with van der Waals surface area (Å²) in [6, 6.07) is 1.54. The van der Waals surface area contributed by atoms with E-state index >= 15 is 0 Å². The summed E-state index contributed by atoms with van der Waals surface area (Å²) in [4.78, 5) is 2.49. The van der Waals surface area contributed by atoms with Crippen LogP contribution in [0.3, 0.4) is 0 Å². The van der Waals surface area contributed by atoms with Gasteiger partial charge in [0.2, 0.25) is 0 Å². The van der Waals surface area contributed by atoms with Gasteiger partial charge in [0.15, 0.2) is 0 Å². The van der Waals surface area contributed by atoms with E-state index < -0.39 is 0 Å². The molecule has 1 aliphatic carbocycles. The van der Waals surface area contributed by atoms with Crippen molar-refractivity contribution in [1.29, 1.82) is 0 Å². The van der Waals surface area contributed by atoms with Crippen LogP contribution in [0.1, 0.15) is 40.5 Å². The van der Waals surface area contributed by atoms with Crippen LogP contribution in [0.4, 0.5) is 0 Å². The van der Waals surface area contributed by atoms with E-state index in [1.54, 1.807) is 0 Å². The standard InChI is InChI=1S/C13H28N2/c1-10(2)12(4)15(5)9-11(3)8-14-13-6-7-13/h10-14H,6-9H2,1-5H3.